The van der Waals surface area contributed by atoms with Gasteiger partial charge in [0.15, 0.2) is 13.9 Å². The molecule has 0 unspecified atom stereocenters. The molecule has 12 heteroatoms. The number of rotatable bonds is 10. The molecule has 0 aromatic heterocycles. The Labute approximate surface area is 284 Å². The lowest BCUT2D eigenvalue weighted by atomic mass is 9.82. The minimum absolute atomic E-state index is 0.0365. The van der Waals surface area contributed by atoms with E-state index in [1.165, 1.54) is 0 Å². The van der Waals surface area contributed by atoms with E-state index in [-0.39, 0.29) is 37.9 Å². The molecule has 2 saturated heterocycles. The number of nitrogens with zero attached hydrogens (tertiary/aromatic N) is 3. The molecule has 3 aliphatic heterocycles. The van der Waals surface area contributed by atoms with Gasteiger partial charge in [-0.05, 0) is 54.6 Å². The standard InChI is InChI=1S/C35H40BrN3O7Si/c1-23-32(47(2,3)44)30(20-31(41)37(14-16-40)21-24-8-5-4-6-9-24)46-35(23)28-19-26(36)12-13-29(28)39(33(35)42)22-25-10-7-11-27(18-25)38-15-17-45-34(38)43/h4-13,18-19,23,30,32,40,44H,14-17,20-22H2,1-3H3/t23-,30+,32-,35+/m0/s1. The van der Waals surface area contributed by atoms with Gasteiger partial charge in [0.05, 0.1) is 37.9 Å². The zero-order chi connectivity index (χ0) is 33.5. The number of cyclic esters (lactones) is 1. The second-order valence-corrected chi connectivity index (χ2v) is 18.0. The molecular weight excluding hydrogens is 682 g/mol. The summed E-state index contributed by atoms with van der Waals surface area (Å²) in [6.07, 6.45) is -1.16. The fraction of sp³-hybridized carbons (Fsp3) is 0.400. The molecule has 0 radical (unpaired) electrons. The van der Waals surface area contributed by atoms with Crippen LogP contribution in [0.25, 0.3) is 0 Å². The number of carbonyl (C=O) groups excluding carboxylic acids is 3. The van der Waals surface area contributed by atoms with Gasteiger partial charge < -0.3 is 29.2 Å². The Morgan fingerprint density at radius 3 is 2.49 bits per heavy atom. The third kappa shape index (κ3) is 6.25. The van der Waals surface area contributed by atoms with Crippen LogP contribution in [-0.4, -0.2) is 73.4 Å². The Hall–Kier alpha value is -3.55. The Balaban J connectivity index is 1.33. The minimum atomic E-state index is -3.00. The van der Waals surface area contributed by atoms with Crippen molar-refractivity contribution < 1.29 is 33.8 Å². The topological polar surface area (TPSA) is 120 Å². The number of hydrogen-bond acceptors (Lipinski definition) is 7. The van der Waals surface area contributed by atoms with Gasteiger partial charge in [-0.3, -0.25) is 14.5 Å². The van der Waals surface area contributed by atoms with E-state index < -0.39 is 37.6 Å². The highest BCUT2D eigenvalue weighted by Gasteiger charge is 2.66. The highest BCUT2D eigenvalue weighted by molar-refractivity contribution is 9.10. The fourth-order valence-electron chi connectivity index (χ4n) is 7.56. The van der Waals surface area contributed by atoms with Gasteiger partial charge >= 0.3 is 6.09 Å². The summed E-state index contributed by atoms with van der Waals surface area (Å²) in [6.45, 7) is 6.92. The van der Waals surface area contributed by atoms with Crippen LogP contribution in [0.2, 0.25) is 18.6 Å². The molecule has 0 saturated carbocycles. The van der Waals surface area contributed by atoms with Crippen LogP contribution >= 0.6 is 15.9 Å². The third-order valence-corrected chi connectivity index (χ3v) is 12.6. The van der Waals surface area contributed by atoms with E-state index in [1.54, 1.807) is 14.7 Å². The first-order chi connectivity index (χ1) is 22.4. The summed E-state index contributed by atoms with van der Waals surface area (Å²) in [5.41, 5.74) is 2.00. The van der Waals surface area contributed by atoms with Crippen LogP contribution in [-0.2, 0) is 37.8 Å². The van der Waals surface area contributed by atoms with Crippen molar-refractivity contribution in [1.29, 1.82) is 0 Å². The smallest absolute Gasteiger partial charge is 0.414 e. The zero-order valence-corrected chi connectivity index (χ0v) is 29.4. The van der Waals surface area contributed by atoms with Crippen LogP contribution in [0.3, 0.4) is 0 Å². The molecule has 6 rings (SSSR count). The number of hydrogen-bond donors (Lipinski definition) is 2. The summed E-state index contributed by atoms with van der Waals surface area (Å²) in [5, 5.41) is 9.79. The molecular formula is C35H40BrN3O7Si. The van der Waals surface area contributed by atoms with Crippen LogP contribution < -0.4 is 9.80 Å². The van der Waals surface area contributed by atoms with Crippen molar-refractivity contribution in [2.45, 2.75) is 56.8 Å². The SMILES string of the molecule is C[C@H]1[C@H]([Si](C)(C)O)[C@@H](CC(=O)N(CCO)Cc2ccccc2)O[C@]12C(=O)N(Cc1cccc(N3CCOC3=O)c1)c1ccc(Br)cc12. The number of carbonyl (C=O) groups is 3. The van der Waals surface area contributed by atoms with Crippen LogP contribution in [0.15, 0.2) is 77.3 Å². The fourth-order valence-corrected chi connectivity index (χ4v) is 10.5. The van der Waals surface area contributed by atoms with E-state index in [0.717, 1.165) is 15.6 Å². The van der Waals surface area contributed by atoms with Gasteiger partial charge in [0.2, 0.25) is 5.91 Å². The molecule has 0 aliphatic carbocycles. The summed E-state index contributed by atoms with van der Waals surface area (Å²) in [7, 11) is -3.00. The van der Waals surface area contributed by atoms with Gasteiger partial charge in [0.1, 0.15) is 6.61 Å². The second kappa shape index (κ2) is 13.2. The quantitative estimate of drug-likeness (QED) is 0.278. The minimum Gasteiger partial charge on any atom is -0.447 e. The second-order valence-electron chi connectivity index (χ2n) is 13.1. The number of benzene rings is 3. The summed E-state index contributed by atoms with van der Waals surface area (Å²) >= 11 is 3.59. The van der Waals surface area contributed by atoms with Gasteiger partial charge in [-0.1, -0.05) is 65.3 Å². The van der Waals surface area contributed by atoms with E-state index in [4.69, 9.17) is 9.47 Å². The largest absolute Gasteiger partial charge is 0.447 e. The summed E-state index contributed by atoms with van der Waals surface area (Å²) in [5.74, 6) is -0.906. The van der Waals surface area contributed by atoms with E-state index in [2.05, 4.69) is 15.9 Å². The molecule has 47 heavy (non-hydrogen) atoms. The van der Waals surface area contributed by atoms with Crippen molar-refractivity contribution in [2.75, 3.05) is 36.1 Å². The van der Waals surface area contributed by atoms with E-state index >= 15 is 0 Å². The van der Waals surface area contributed by atoms with Crippen molar-refractivity contribution in [3.63, 3.8) is 0 Å². The molecule has 4 atom stereocenters. The molecule has 3 amide bonds. The first-order valence-corrected chi connectivity index (χ1v) is 19.7. The maximum atomic E-state index is 14.8. The lowest BCUT2D eigenvalue weighted by Crippen LogP contribution is -2.46. The number of fused-ring (bicyclic) bond motifs is 2. The van der Waals surface area contributed by atoms with Gasteiger partial charge in [-0.15, -0.1) is 0 Å². The highest BCUT2D eigenvalue weighted by atomic mass is 79.9. The molecule has 3 aliphatic rings. The van der Waals surface area contributed by atoms with Crippen LogP contribution in [0.4, 0.5) is 16.2 Å². The molecule has 3 aromatic rings. The van der Waals surface area contributed by atoms with Gasteiger partial charge in [-0.25, -0.2) is 4.79 Å². The van der Waals surface area contributed by atoms with Crippen molar-refractivity contribution >= 4 is 53.5 Å². The van der Waals surface area contributed by atoms with Crippen molar-refractivity contribution in [3.05, 3.63) is 94.0 Å². The number of aliphatic hydroxyl groups is 1. The Morgan fingerprint density at radius 2 is 1.81 bits per heavy atom. The number of ether oxygens (including phenoxy) is 2. The molecule has 2 N–H and O–H groups in total. The number of anilines is 2. The average Bonchev–Trinajstić information content (AvgIpc) is 3.66. The maximum absolute atomic E-state index is 14.8. The van der Waals surface area contributed by atoms with Gasteiger partial charge in [0, 0.05) is 40.3 Å². The summed E-state index contributed by atoms with van der Waals surface area (Å²) in [4.78, 5) is 57.4. The zero-order valence-electron chi connectivity index (χ0n) is 26.8. The molecule has 1 spiro atoms. The maximum Gasteiger partial charge on any atom is 0.414 e. The van der Waals surface area contributed by atoms with E-state index in [0.29, 0.717) is 36.6 Å². The predicted octanol–water partition coefficient (Wildman–Crippen LogP) is 5.16. The Kier molecular flexibility index (Phi) is 9.34. The molecule has 248 valence electrons. The average molecular weight is 723 g/mol. The molecule has 3 aromatic carbocycles. The molecule has 0 bridgehead atoms. The van der Waals surface area contributed by atoms with Crippen LogP contribution in [0.5, 0.6) is 0 Å². The first kappa shape index (κ1) is 33.4. The number of aliphatic hydroxyl groups excluding tert-OH is 1. The van der Waals surface area contributed by atoms with Gasteiger partial charge in [0.25, 0.3) is 5.91 Å². The molecule has 3 heterocycles. The lowest BCUT2D eigenvalue weighted by molar-refractivity contribution is -0.150. The Morgan fingerprint density at radius 1 is 1.06 bits per heavy atom. The van der Waals surface area contributed by atoms with Crippen molar-refractivity contribution in [3.8, 4) is 0 Å². The summed E-state index contributed by atoms with van der Waals surface area (Å²) < 4.78 is 12.8. The van der Waals surface area contributed by atoms with Crippen LogP contribution in [0.1, 0.15) is 30.0 Å². The van der Waals surface area contributed by atoms with E-state index in [1.807, 2.05) is 92.8 Å². The van der Waals surface area contributed by atoms with Crippen molar-refractivity contribution in [2.24, 2.45) is 5.92 Å². The lowest BCUT2D eigenvalue weighted by Gasteiger charge is -2.32. The summed E-state index contributed by atoms with van der Waals surface area (Å²) in [6, 6.07) is 22.8. The monoisotopic (exact) mass is 721 g/mol. The van der Waals surface area contributed by atoms with E-state index in [9.17, 15) is 24.3 Å². The highest BCUT2D eigenvalue weighted by Crippen LogP contribution is 2.60. The molecule has 2 fully saturated rings. The predicted molar refractivity (Wildman–Crippen MR) is 183 cm³/mol. The molecule has 10 nitrogen and oxygen atoms in total. The Bertz CT molecular complexity index is 1670. The first-order valence-electron chi connectivity index (χ1n) is 15.9. The van der Waals surface area contributed by atoms with Crippen LogP contribution in [0, 0.1) is 5.92 Å². The number of halogens is 1. The number of amides is 3. The van der Waals surface area contributed by atoms with Crippen molar-refractivity contribution in [1.82, 2.24) is 4.90 Å². The third-order valence-electron chi connectivity index (χ3n) is 9.58. The normalized spacial score (nSPS) is 23.8. The van der Waals surface area contributed by atoms with Gasteiger partial charge in [-0.2, -0.15) is 0 Å².